The van der Waals surface area contributed by atoms with Crippen LogP contribution in [0.25, 0.3) is 0 Å². The Morgan fingerprint density at radius 3 is 2.33 bits per heavy atom. The molecule has 9 heteroatoms. The highest BCUT2D eigenvalue weighted by atomic mass is 16.6. The first-order valence-electron chi connectivity index (χ1n) is 15.5. The van der Waals surface area contributed by atoms with Gasteiger partial charge in [0.05, 0.1) is 19.8 Å². The van der Waals surface area contributed by atoms with E-state index in [4.69, 9.17) is 29.4 Å². The summed E-state index contributed by atoms with van der Waals surface area (Å²) in [7, 11) is 3.31. The van der Waals surface area contributed by atoms with Crippen LogP contribution >= 0.6 is 0 Å². The maximum Gasteiger partial charge on any atom is 0.223 e. The van der Waals surface area contributed by atoms with Crippen molar-refractivity contribution in [2.75, 3.05) is 40.6 Å². The Balaban J connectivity index is 1.58. The van der Waals surface area contributed by atoms with Gasteiger partial charge < -0.3 is 39.8 Å². The molecule has 0 spiro atoms. The number of aliphatic hydroxyl groups excluding tert-OH is 1. The van der Waals surface area contributed by atoms with Crippen LogP contribution in [-0.2, 0) is 22.5 Å². The first kappa shape index (κ1) is 34.5. The predicted octanol–water partition coefficient (Wildman–Crippen LogP) is 4.75. The zero-order valence-corrected chi connectivity index (χ0v) is 26.8. The van der Waals surface area contributed by atoms with Crippen LogP contribution in [0.3, 0.4) is 0 Å². The number of hydrogen-bond acceptors (Lipinski definition) is 8. The highest BCUT2D eigenvalue weighted by molar-refractivity contribution is 5.79. The molecule has 43 heavy (non-hydrogen) atoms. The highest BCUT2D eigenvalue weighted by Gasteiger charge is 2.30. The van der Waals surface area contributed by atoms with Gasteiger partial charge in [-0.3, -0.25) is 4.79 Å². The van der Waals surface area contributed by atoms with Crippen LogP contribution in [0.2, 0.25) is 0 Å². The lowest BCUT2D eigenvalue weighted by atomic mass is 9.81. The third kappa shape index (κ3) is 10.6. The quantitative estimate of drug-likeness (QED) is 0.210. The first-order chi connectivity index (χ1) is 20.6. The van der Waals surface area contributed by atoms with Crippen molar-refractivity contribution in [3.05, 3.63) is 47.5 Å². The Morgan fingerprint density at radius 1 is 0.930 bits per heavy atom. The summed E-state index contributed by atoms with van der Waals surface area (Å²) in [6, 6.07) is 11.3. The number of hydrogen-bond donors (Lipinski definition) is 3. The Morgan fingerprint density at radius 2 is 1.65 bits per heavy atom. The van der Waals surface area contributed by atoms with E-state index >= 15 is 0 Å². The molecule has 1 aliphatic rings. The molecule has 2 aromatic carbocycles. The van der Waals surface area contributed by atoms with Crippen molar-refractivity contribution < 1.29 is 33.6 Å². The van der Waals surface area contributed by atoms with Gasteiger partial charge in [0.1, 0.15) is 13.2 Å². The molecule has 1 heterocycles. The minimum Gasteiger partial charge on any atom is -0.493 e. The molecule has 0 fully saturated rings. The molecule has 1 aliphatic heterocycles. The Bertz CT molecular complexity index is 1140. The van der Waals surface area contributed by atoms with Crippen LogP contribution < -0.4 is 30.0 Å². The van der Waals surface area contributed by atoms with E-state index < -0.39 is 12.1 Å². The Hall–Kier alpha value is -3.01. The van der Waals surface area contributed by atoms with Crippen molar-refractivity contribution in [3.63, 3.8) is 0 Å². The topological polar surface area (TPSA) is 122 Å². The Kier molecular flexibility index (Phi) is 13.9. The van der Waals surface area contributed by atoms with Crippen LogP contribution in [-0.4, -0.2) is 63.8 Å². The second kappa shape index (κ2) is 17.3. The maximum absolute atomic E-state index is 13.2. The molecule has 0 saturated carbocycles. The van der Waals surface area contributed by atoms with Crippen molar-refractivity contribution in [3.8, 4) is 23.0 Å². The van der Waals surface area contributed by atoms with E-state index in [-0.39, 0.29) is 23.7 Å². The lowest BCUT2D eigenvalue weighted by Crippen LogP contribution is -2.42. The monoisotopic (exact) mass is 600 g/mol. The molecule has 0 aliphatic carbocycles. The van der Waals surface area contributed by atoms with E-state index in [2.05, 4.69) is 25.2 Å². The summed E-state index contributed by atoms with van der Waals surface area (Å²) in [6.07, 6.45) is 1.72. The molecule has 0 radical (unpaired) electrons. The molecule has 0 unspecified atom stereocenters. The van der Waals surface area contributed by atoms with Crippen molar-refractivity contribution >= 4 is 5.91 Å². The van der Waals surface area contributed by atoms with Gasteiger partial charge in [-0.05, 0) is 72.4 Å². The SMILES string of the molecule is COCCCOc1cc(C[C@@H](C[C@H](N)[C@@H](O)C[C@H](C(=O)NCc2ccc3c(c2)OCCO3)C(C)C)C(C)C)ccc1OC. The average molecular weight is 601 g/mol. The van der Waals surface area contributed by atoms with Gasteiger partial charge in [-0.25, -0.2) is 0 Å². The number of rotatable bonds is 18. The fourth-order valence-corrected chi connectivity index (χ4v) is 5.38. The average Bonchev–Trinajstić information content (AvgIpc) is 3.00. The second-order valence-electron chi connectivity index (χ2n) is 12.1. The van der Waals surface area contributed by atoms with E-state index in [0.29, 0.717) is 69.0 Å². The van der Waals surface area contributed by atoms with Gasteiger partial charge in [-0.2, -0.15) is 0 Å². The van der Waals surface area contributed by atoms with Crippen LogP contribution in [0.1, 0.15) is 58.1 Å². The number of ether oxygens (including phenoxy) is 5. The number of aliphatic hydroxyl groups is 1. The molecule has 240 valence electrons. The highest BCUT2D eigenvalue weighted by Crippen LogP contribution is 2.33. The molecule has 0 bridgehead atoms. The lowest BCUT2D eigenvalue weighted by Gasteiger charge is -2.30. The largest absolute Gasteiger partial charge is 0.493 e. The van der Waals surface area contributed by atoms with Crippen LogP contribution in [0.15, 0.2) is 36.4 Å². The third-order valence-electron chi connectivity index (χ3n) is 8.20. The van der Waals surface area contributed by atoms with Crippen LogP contribution in [0.4, 0.5) is 0 Å². The molecule has 4 atom stereocenters. The normalized spacial score (nSPS) is 15.6. The number of methoxy groups -OCH3 is 2. The zero-order chi connectivity index (χ0) is 31.4. The summed E-state index contributed by atoms with van der Waals surface area (Å²) in [4.78, 5) is 13.2. The number of nitrogens with two attached hydrogens (primary N) is 1. The molecular formula is C34H52N2O7. The number of benzene rings is 2. The molecule has 4 N–H and O–H groups in total. The number of nitrogens with one attached hydrogen (secondary N) is 1. The van der Waals surface area contributed by atoms with E-state index in [1.165, 1.54) is 0 Å². The van der Waals surface area contributed by atoms with Gasteiger partial charge >= 0.3 is 0 Å². The maximum atomic E-state index is 13.2. The van der Waals surface area contributed by atoms with Crippen molar-refractivity contribution in [1.82, 2.24) is 5.32 Å². The minimum atomic E-state index is -0.802. The fourth-order valence-electron chi connectivity index (χ4n) is 5.38. The standard InChI is InChI=1S/C34H52N2O7/c1-22(2)26(16-24-8-10-30(40-6)32(17-24)41-13-7-12-39-5)19-28(35)29(37)20-27(23(3)4)34(38)36-21-25-9-11-31-33(18-25)43-15-14-42-31/h8-11,17-18,22-23,26-29,37H,7,12-16,19-21,35H2,1-6H3,(H,36,38)/t26-,27-,28-,29-/m0/s1. The van der Waals surface area contributed by atoms with Gasteiger partial charge in [-0.15, -0.1) is 0 Å². The van der Waals surface area contributed by atoms with Crippen LogP contribution in [0, 0.1) is 23.7 Å². The van der Waals surface area contributed by atoms with Gasteiger partial charge in [0.15, 0.2) is 23.0 Å². The van der Waals surface area contributed by atoms with Crippen molar-refractivity contribution in [1.29, 1.82) is 0 Å². The lowest BCUT2D eigenvalue weighted by molar-refractivity contribution is -0.127. The first-order valence-corrected chi connectivity index (χ1v) is 15.5. The van der Waals surface area contributed by atoms with Gasteiger partial charge in [0.25, 0.3) is 0 Å². The molecule has 0 aromatic heterocycles. The fraction of sp³-hybridized carbons (Fsp3) is 0.618. The second-order valence-corrected chi connectivity index (χ2v) is 12.1. The zero-order valence-electron chi connectivity index (χ0n) is 26.8. The number of carbonyl (C=O) groups is 1. The molecule has 3 rings (SSSR count). The molecule has 9 nitrogen and oxygen atoms in total. The van der Waals surface area contributed by atoms with Gasteiger partial charge in [-0.1, -0.05) is 39.8 Å². The Labute approximate surface area is 257 Å². The minimum absolute atomic E-state index is 0.0459. The predicted molar refractivity (Wildman–Crippen MR) is 168 cm³/mol. The van der Waals surface area contributed by atoms with E-state index in [1.807, 2.05) is 44.2 Å². The summed E-state index contributed by atoms with van der Waals surface area (Å²) in [5, 5.41) is 14.2. The summed E-state index contributed by atoms with van der Waals surface area (Å²) in [5.74, 6) is 3.00. The summed E-state index contributed by atoms with van der Waals surface area (Å²) >= 11 is 0. The summed E-state index contributed by atoms with van der Waals surface area (Å²) < 4.78 is 27.8. The van der Waals surface area contributed by atoms with Crippen molar-refractivity contribution in [2.24, 2.45) is 29.4 Å². The number of amides is 1. The van der Waals surface area contributed by atoms with Crippen LogP contribution in [0.5, 0.6) is 23.0 Å². The van der Waals surface area contributed by atoms with E-state index in [9.17, 15) is 9.90 Å². The van der Waals surface area contributed by atoms with Gasteiger partial charge in [0.2, 0.25) is 5.91 Å². The van der Waals surface area contributed by atoms with E-state index in [1.54, 1.807) is 14.2 Å². The molecular weight excluding hydrogens is 548 g/mol. The molecule has 0 saturated heterocycles. The van der Waals surface area contributed by atoms with Crippen molar-refractivity contribution in [2.45, 2.75) is 72.1 Å². The summed E-state index contributed by atoms with van der Waals surface area (Å²) in [5.41, 5.74) is 8.65. The third-order valence-corrected chi connectivity index (χ3v) is 8.20. The smallest absolute Gasteiger partial charge is 0.223 e. The van der Waals surface area contributed by atoms with E-state index in [0.717, 1.165) is 29.7 Å². The summed E-state index contributed by atoms with van der Waals surface area (Å²) in [6.45, 7) is 11.0. The molecule has 2 aromatic rings. The number of carbonyl (C=O) groups excluding carboxylic acids is 1. The number of fused-ring (bicyclic) bond motifs is 1. The molecule has 1 amide bonds. The van der Waals surface area contributed by atoms with Gasteiger partial charge in [0, 0.05) is 38.6 Å².